The second kappa shape index (κ2) is 4.78. The van der Waals surface area contributed by atoms with Gasteiger partial charge in [-0.2, -0.15) is 0 Å². The quantitative estimate of drug-likeness (QED) is 0.420. The van der Waals surface area contributed by atoms with Gasteiger partial charge in [0.1, 0.15) is 0 Å². The van der Waals surface area contributed by atoms with E-state index in [0.29, 0.717) is 0 Å². The smallest absolute Gasteiger partial charge is 0.0736 e. The van der Waals surface area contributed by atoms with Gasteiger partial charge in [0.25, 0.3) is 0 Å². The molecule has 0 spiro atoms. The molecule has 0 atom stereocenters. The number of hydrogen-bond acceptors (Lipinski definition) is 3. The molecular formula is C11H22N2O. The highest BCUT2D eigenvalue weighted by Gasteiger charge is 2.30. The molecule has 82 valence electrons. The zero-order valence-corrected chi connectivity index (χ0v) is 9.58. The van der Waals surface area contributed by atoms with Gasteiger partial charge in [-0.15, -0.1) is 0 Å². The van der Waals surface area contributed by atoms with Gasteiger partial charge in [0.2, 0.25) is 0 Å². The Kier molecular flexibility index (Phi) is 3.93. The molecule has 14 heavy (non-hydrogen) atoms. The summed E-state index contributed by atoms with van der Waals surface area (Å²) in [6, 6.07) is 0. The largest absolute Gasteiger partial charge is 0.411 e. The van der Waals surface area contributed by atoms with Crippen molar-refractivity contribution in [2.75, 3.05) is 13.1 Å². The third-order valence-corrected chi connectivity index (χ3v) is 3.43. The van der Waals surface area contributed by atoms with Gasteiger partial charge in [0, 0.05) is 0 Å². The minimum Gasteiger partial charge on any atom is -0.411 e. The van der Waals surface area contributed by atoms with E-state index in [1.165, 1.54) is 25.7 Å². The molecule has 0 unspecified atom stereocenters. The van der Waals surface area contributed by atoms with E-state index in [0.717, 1.165) is 18.8 Å². The predicted octanol–water partition coefficient (Wildman–Crippen LogP) is 2.49. The van der Waals surface area contributed by atoms with E-state index in [4.69, 9.17) is 5.21 Å². The molecule has 3 nitrogen and oxygen atoms in total. The van der Waals surface area contributed by atoms with E-state index in [9.17, 15) is 0 Å². The van der Waals surface area contributed by atoms with Crippen molar-refractivity contribution >= 4 is 5.71 Å². The van der Waals surface area contributed by atoms with E-state index in [1.54, 1.807) is 0 Å². The maximum atomic E-state index is 8.83. The van der Waals surface area contributed by atoms with Gasteiger partial charge in [-0.1, -0.05) is 18.0 Å². The fourth-order valence-corrected chi connectivity index (χ4v) is 1.98. The average Bonchev–Trinajstić information content (AvgIpc) is 2.44. The van der Waals surface area contributed by atoms with Crippen LogP contribution in [-0.2, 0) is 0 Å². The van der Waals surface area contributed by atoms with Crippen LogP contribution in [0.25, 0.3) is 0 Å². The van der Waals surface area contributed by atoms with Crippen molar-refractivity contribution in [3.8, 4) is 0 Å². The molecule has 1 aliphatic rings. The lowest BCUT2D eigenvalue weighted by atomic mass is 9.96. The van der Waals surface area contributed by atoms with Crippen molar-refractivity contribution in [1.29, 1.82) is 0 Å². The van der Waals surface area contributed by atoms with Gasteiger partial charge in [-0.05, 0) is 46.7 Å². The standard InChI is InChI=1S/C11H22N2O/c1-10(12-14)11(2,3)13-8-6-4-5-7-9-13/h14H,4-9H2,1-3H3/b12-10-. The van der Waals surface area contributed by atoms with Gasteiger partial charge in [0.15, 0.2) is 0 Å². The van der Waals surface area contributed by atoms with Crippen LogP contribution in [-0.4, -0.2) is 34.4 Å². The molecule has 0 radical (unpaired) electrons. The molecule has 3 heteroatoms. The molecule has 1 N–H and O–H groups in total. The Hall–Kier alpha value is -0.570. The van der Waals surface area contributed by atoms with Crippen LogP contribution in [0.1, 0.15) is 46.5 Å². The second-order valence-corrected chi connectivity index (χ2v) is 4.65. The molecular weight excluding hydrogens is 176 g/mol. The van der Waals surface area contributed by atoms with Crippen molar-refractivity contribution in [3.05, 3.63) is 0 Å². The van der Waals surface area contributed by atoms with Crippen LogP contribution in [0.2, 0.25) is 0 Å². The van der Waals surface area contributed by atoms with E-state index in [1.807, 2.05) is 6.92 Å². The first-order valence-electron chi connectivity index (χ1n) is 5.53. The molecule has 1 rings (SSSR count). The van der Waals surface area contributed by atoms with E-state index in [-0.39, 0.29) is 5.54 Å². The Morgan fingerprint density at radius 2 is 1.64 bits per heavy atom. The molecule has 0 aromatic heterocycles. The molecule has 1 heterocycles. The Morgan fingerprint density at radius 1 is 1.14 bits per heavy atom. The Balaban J connectivity index is 2.69. The maximum absolute atomic E-state index is 8.83. The SMILES string of the molecule is C/C(=N/O)C(C)(C)N1CCCCCC1. The number of oxime groups is 1. The topological polar surface area (TPSA) is 35.8 Å². The van der Waals surface area contributed by atoms with Gasteiger partial charge in [0.05, 0.1) is 11.3 Å². The first-order valence-corrected chi connectivity index (χ1v) is 5.53. The summed E-state index contributed by atoms with van der Waals surface area (Å²) < 4.78 is 0. The summed E-state index contributed by atoms with van der Waals surface area (Å²) in [5, 5.41) is 12.2. The summed E-state index contributed by atoms with van der Waals surface area (Å²) in [4.78, 5) is 2.43. The fraction of sp³-hybridized carbons (Fsp3) is 0.909. The van der Waals surface area contributed by atoms with E-state index >= 15 is 0 Å². The van der Waals surface area contributed by atoms with Crippen molar-refractivity contribution in [1.82, 2.24) is 4.90 Å². The molecule has 1 saturated heterocycles. The Bertz CT molecular complexity index is 203. The highest BCUT2D eigenvalue weighted by Crippen LogP contribution is 2.21. The minimum atomic E-state index is -0.0981. The van der Waals surface area contributed by atoms with E-state index < -0.39 is 0 Å². The zero-order valence-electron chi connectivity index (χ0n) is 9.58. The van der Waals surface area contributed by atoms with Gasteiger partial charge < -0.3 is 5.21 Å². The number of rotatable bonds is 2. The molecule has 0 amide bonds. The molecule has 1 aliphatic heterocycles. The van der Waals surface area contributed by atoms with Crippen LogP contribution in [0.5, 0.6) is 0 Å². The highest BCUT2D eigenvalue weighted by atomic mass is 16.4. The van der Waals surface area contributed by atoms with Crippen LogP contribution >= 0.6 is 0 Å². The molecule has 1 fully saturated rings. The molecule has 0 bridgehead atoms. The first-order chi connectivity index (χ1) is 6.59. The Labute approximate surface area is 86.8 Å². The number of likely N-dealkylation sites (tertiary alicyclic amines) is 1. The van der Waals surface area contributed by atoms with Gasteiger partial charge in [-0.25, -0.2) is 0 Å². The third-order valence-electron chi connectivity index (χ3n) is 3.43. The third kappa shape index (κ3) is 2.47. The Morgan fingerprint density at radius 3 is 2.07 bits per heavy atom. The van der Waals surface area contributed by atoms with E-state index in [2.05, 4.69) is 23.9 Å². The summed E-state index contributed by atoms with van der Waals surface area (Å²) >= 11 is 0. The van der Waals surface area contributed by atoms with Gasteiger partial charge >= 0.3 is 0 Å². The summed E-state index contributed by atoms with van der Waals surface area (Å²) in [5.74, 6) is 0. The maximum Gasteiger partial charge on any atom is 0.0736 e. The zero-order chi connectivity index (χ0) is 10.6. The molecule has 0 aromatic rings. The highest BCUT2D eigenvalue weighted by molar-refractivity contribution is 5.90. The first kappa shape index (κ1) is 11.5. The number of hydrogen-bond donors (Lipinski definition) is 1. The fourth-order valence-electron chi connectivity index (χ4n) is 1.98. The van der Waals surface area contributed by atoms with Crippen molar-refractivity contribution in [2.24, 2.45) is 5.16 Å². The van der Waals surface area contributed by atoms with Crippen LogP contribution in [0.4, 0.5) is 0 Å². The minimum absolute atomic E-state index is 0.0981. The van der Waals surface area contributed by atoms with Crippen molar-refractivity contribution in [2.45, 2.75) is 52.0 Å². The predicted molar refractivity (Wildman–Crippen MR) is 59.0 cm³/mol. The normalized spacial score (nSPS) is 22.1. The van der Waals surface area contributed by atoms with Crippen LogP contribution in [0.3, 0.4) is 0 Å². The van der Waals surface area contributed by atoms with Crippen LogP contribution < -0.4 is 0 Å². The van der Waals surface area contributed by atoms with Crippen molar-refractivity contribution < 1.29 is 5.21 Å². The summed E-state index contributed by atoms with van der Waals surface area (Å²) in [7, 11) is 0. The summed E-state index contributed by atoms with van der Waals surface area (Å²) in [6.45, 7) is 8.41. The average molecular weight is 198 g/mol. The van der Waals surface area contributed by atoms with Gasteiger partial charge in [-0.3, -0.25) is 4.90 Å². The lowest BCUT2D eigenvalue weighted by Gasteiger charge is -2.37. The molecule has 0 aliphatic carbocycles. The van der Waals surface area contributed by atoms with Crippen LogP contribution in [0, 0.1) is 0 Å². The molecule has 0 saturated carbocycles. The van der Waals surface area contributed by atoms with Crippen LogP contribution in [0.15, 0.2) is 5.16 Å². The number of nitrogens with zero attached hydrogens (tertiary/aromatic N) is 2. The summed E-state index contributed by atoms with van der Waals surface area (Å²) in [5.41, 5.74) is 0.707. The summed E-state index contributed by atoms with van der Waals surface area (Å²) in [6.07, 6.45) is 5.20. The lowest BCUT2D eigenvalue weighted by molar-refractivity contribution is 0.178. The lowest BCUT2D eigenvalue weighted by Crippen LogP contribution is -2.49. The van der Waals surface area contributed by atoms with Crippen molar-refractivity contribution in [3.63, 3.8) is 0 Å². The monoisotopic (exact) mass is 198 g/mol. The molecule has 0 aromatic carbocycles. The second-order valence-electron chi connectivity index (χ2n) is 4.65.